The van der Waals surface area contributed by atoms with E-state index in [9.17, 15) is 9.59 Å². The lowest BCUT2D eigenvalue weighted by Gasteiger charge is -2.20. The van der Waals surface area contributed by atoms with E-state index in [2.05, 4.69) is 5.32 Å². The number of aliphatic carboxylic acids is 2. The third kappa shape index (κ3) is 5.15. The quantitative estimate of drug-likeness (QED) is 0.322. The van der Waals surface area contributed by atoms with E-state index in [4.69, 9.17) is 15.9 Å². The van der Waals surface area contributed by atoms with Crippen LogP contribution >= 0.6 is 0 Å². The fraction of sp³-hybridized carbons (Fsp3) is 0.714. The van der Waals surface area contributed by atoms with E-state index in [1.54, 1.807) is 0 Å². The Balaban J connectivity index is 3.64. The molecule has 0 aromatic heterocycles. The molecule has 0 unspecified atom stereocenters. The van der Waals surface area contributed by atoms with E-state index in [0.29, 0.717) is 6.42 Å². The molecule has 0 aromatic carbocycles. The molecule has 0 aliphatic carbocycles. The van der Waals surface area contributed by atoms with Crippen molar-refractivity contribution in [3.8, 4) is 0 Å². The van der Waals surface area contributed by atoms with Gasteiger partial charge in [-0.25, -0.2) is 4.79 Å². The van der Waals surface area contributed by atoms with Crippen LogP contribution in [0.25, 0.3) is 0 Å². The van der Waals surface area contributed by atoms with Crippen molar-refractivity contribution in [2.24, 2.45) is 5.73 Å². The van der Waals surface area contributed by atoms with Crippen molar-refractivity contribution in [3.05, 3.63) is 0 Å². The van der Waals surface area contributed by atoms with Gasteiger partial charge < -0.3 is 15.9 Å². The molecule has 6 heteroatoms. The molecule has 0 bridgehead atoms. The lowest BCUT2D eigenvalue weighted by molar-refractivity contribution is -0.143. The number of rotatable bonds is 6. The normalized spacial score (nSPS) is 14.9. The van der Waals surface area contributed by atoms with Gasteiger partial charge in [-0.2, -0.15) is 0 Å². The van der Waals surface area contributed by atoms with E-state index < -0.39 is 17.6 Å². The van der Waals surface area contributed by atoms with Crippen LogP contribution in [0.15, 0.2) is 0 Å². The Labute approximate surface area is 75.7 Å². The van der Waals surface area contributed by atoms with Gasteiger partial charge in [0.2, 0.25) is 0 Å². The van der Waals surface area contributed by atoms with Gasteiger partial charge in [-0.15, -0.1) is 0 Å². The summed E-state index contributed by atoms with van der Waals surface area (Å²) in [6.45, 7) is 1.59. The molecule has 0 heterocycles. The van der Waals surface area contributed by atoms with Gasteiger partial charge >= 0.3 is 11.9 Å². The third-order valence-electron chi connectivity index (χ3n) is 1.50. The molecule has 0 amide bonds. The molecule has 76 valence electrons. The zero-order valence-corrected chi connectivity index (χ0v) is 7.41. The van der Waals surface area contributed by atoms with Crippen LogP contribution in [0.1, 0.15) is 19.8 Å². The maximum absolute atomic E-state index is 10.4. The fourth-order valence-electron chi connectivity index (χ4n) is 0.663. The van der Waals surface area contributed by atoms with E-state index in [0.717, 1.165) is 0 Å². The smallest absolute Gasteiger partial charge is 0.338 e. The third-order valence-corrected chi connectivity index (χ3v) is 1.50. The summed E-state index contributed by atoms with van der Waals surface area (Å²) in [6, 6.07) is 0. The van der Waals surface area contributed by atoms with Gasteiger partial charge in [0, 0.05) is 6.42 Å². The Morgan fingerprint density at radius 3 is 2.38 bits per heavy atom. The molecular formula is C7H14N2O4. The monoisotopic (exact) mass is 190 g/mol. The second-order valence-corrected chi connectivity index (χ2v) is 2.93. The maximum atomic E-state index is 10.4. The first-order valence-corrected chi connectivity index (χ1v) is 3.85. The molecule has 5 N–H and O–H groups in total. The summed E-state index contributed by atoms with van der Waals surface area (Å²) in [6.07, 6.45) is 0.359. The van der Waals surface area contributed by atoms with Crippen LogP contribution < -0.4 is 11.1 Å². The number of nitrogens with one attached hydrogen (secondary N) is 1. The molecule has 0 saturated heterocycles. The number of carbonyl (C=O) groups is 2. The predicted molar refractivity (Wildman–Crippen MR) is 45.1 cm³/mol. The Bertz CT molecular complexity index is 203. The zero-order chi connectivity index (χ0) is 10.5. The van der Waals surface area contributed by atoms with E-state index in [-0.39, 0.29) is 13.0 Å². The Morgan fingerprint density at radius 2 is 2.00 bits per heavy atom. The van der Waals surface area contributed by atoms with Crippen LogP contribution in [-0.4, -0.2) is 34.4 Å². The largest absolute Gasteiger partial charge is 0.481 e. The molecule has 1 atom stereocenters. The van der Waals surface area contributed by atoms with Crippen molar-refractivity contribution in [1.82, 2.24) is 5.32 Å². The first kappa shape index (κ1) is 11.9. The van der Waals surface area contributed by atoms with Crippen LogP contribution in [0.2, 0.25) is 0 Å². The summed E-state index contributed by atoms with van der Waals surface area (Å²) in [5.74, 6) is -2.07. The molecule has 0 radical (unpaired) electrons. The first-order valence-electron chi connectivity index (χ1n) is 3.85. The minimum atomic E-state index is -1.49. The molecule has 13 heavy (non-hydrogen) atoms. The second kappa shape index (κ2) is 4.78. The van der Waals surface area contributed by atoms with Gasteiger partial charge in [-0.3, -0.25) is 10.1 Å². The molecule has 0 aliphatic heterocycles. The highest BCUT2D eigenvalue weighted by Gasteiger charge is 2.26. The number of carboxylic acids is 2. The van der Waals surface area contributed by atoms with Crippen LogP contribution in [0.3, 0.4) is 0 Å². The summed E-state index contributed by atoms with van der Waals surface area (Å²) in [4.78, 5) is 20.5. The van der Waals surface area contributed by atoms with Crippen LogP contribution in [0.4, 0.5) is 0 Å². The van der Waals surface area contributed by atoms with Gasteiger partial charge in [0.25, 0.3) is 0 Å². The van der Waals surface area contributed by atoms with E-state index >= 15 is 0 Å². The minimum absolute atomic E-state index is 0.00268. The number of hydrogen-bond donors (Lipinski definition) is 4. The van der Waals surface area contributed by atoms with E-state index in [1.165, 1.54) is 6.92 Å². The molecule has 0 aliphatic rings. The molecule has 6 nitrogen and oxygen atoms in total. The van der Waals surface area contributed by atoms with Crippen molar-refractivity contribution < 1.29 is 19.8 Å². The van der Waals surface area contributed by atoms with E-state index in [1.807, 2.05) is 0 Å². The Hall–Kier alpha value is -1.14. The van der Waals surface area contributed by atoms with Gasteiger partial charge in [0.15, 0.2) is 5.66 Å². The van der Waals surface area contributed by atoms with Crippen molar-refractivity contribution in [2.45, 2.75) is 25.4 Å². The molecule has 0 aromatic rings. The number of nitrogens with two attached hydrogens (primary N) is 1. The number of carboxylic acid groups (broad SMARTS) is 2. The van der Waals surface area contributed by atoms with Crippen LogP contribution in [0, 0.1) is 0 Å². The second-order valence-electron chi connectivity index (χ2n) is 2.93. The van der Waals surface area contributed by atoms with Crippen LogP contribution in [0.5, 0.6) is 0 Å². The van der Waals surface area contributed by atoms with Crippen LogP contribution in [-0.2, 0) is 9.59 Å². The van der Waals surface area contributed by atoms with Crippen molar-refractivity contribution >= 4 is 11.9 Å². The predicted octanol–water partition coefficient (Wildman–Crippen LogP) is -0.800. The van der Waals surface area contributed by atoms with Crippen molar-refractivity contribution in [2.75, 3.05) is 6.54 Å². The first-order chi connectivity index (χ1) is 5.86. The van der Waals surface area contributed by atoms with Gasteiger partial charge in [-0.1, -0.05) is 0 Å². The van der Waals surface area contributed by atoms with Crippen molar-refractivity contribution in [1.29, 1.82) is 0 Å². The lowest BCUT2D eigenvalue weighted by Crippen LogP contribution is -2.57. The van der Waals surface area contributed by atoms with Crippen molar-refractivity contribution in [3.63, 3.8) is 0 Å². The standard InChI is InChI=1S/C7H14N2O4/c1-7(8,6(12)13)9-4-2-3-5(10)11/h9H,2-4,8H2,1H3,(H,10,11)(H,12,13)/t7-/m0/s1. The van der Waals surface area contributed by atoms with Gasteiger partial charge in [0.1, 0.15) is 0 Å². The maximum Gasteiger partial charge on any atom is 0.338 e. The summed E-state index contributed by atoms with van der Waals surface area (Å²) < 4.78 is 0. The average molecular weight is 190 g/mol. The molecule has 0 rings (SSSR count). The minimum Gasteiger partial charge on any atom is -0.481 e. The Kier molecular flexibility index (Phi) is 4.36. The SMILES string of the molecule is C[C@](N)(NCCCC(=O)O)C(=O)O. The number of hydrogen-bond acceptors (Lipinski definition) is 4. The highest BCUT2D eigenvalue weighted by atomic mass is 16.4. The summed E-state index contributed by atoms with van der Waals surface area (Å²) in [7, 11) is 0. The molecular weight excluding hydrogens is 176 g/mol. The summed E-state index contributed by atoms with van der Waals surface area (Å²) in [5, 5.41) is 19.4. The summed E-state index contributed by atoms with van der Waals surface area (Å²) in [5.41, 5.74) is 3.83. The lowest BCUT2D eigenvalue weighted by atomic mass is 10.2. The van der Waals surface area contributed by atoms with Gasteiger partial charge in [-0.05, 0) is 19.9 Å². The topological polar surface area (TPSA) is 113 Å². The highest BCUT2D eigenvalue weighted by Crippen LogP contribution is 1.94. The fourth-order valence-corrected chi connectivity index (χ4v) is 0.663. The molecule has 0 fully saturated rings. The zero-order valence-electron chi connectivity index (χ0n) is 7.41. The van der Waals surface area contributed by atoms with Gasteiger partial charge in [0.05, 0.1) is 0 Å². The highest BCUT2D eigenvalue weighted by molar-refractivity contribution is 5.77. The average Bonchev–Trinajstić information content (AvgIpc) is 1.97. The molecule has 0 spiro atoms. The summed E-state index contributed by atoms with van der Waals surface area (Å²) >= 11 is 0. The molecule has 0 saturated carbocycles. The Morgan fingerprint density at radius 1 is 1.46 bits per heavy atom.